The van der Waals surface area contributed by atoms with Crippen molar-refractivity contribution in [3.63, 3.8) is 0 Å². The van der Waals surface area contributed by atoms with Crippen LogP contribution in [0.4, 0.5) is 4.39 Å². The Morgan fingerprint density at radius 2 is 1.83 bits per heavy atom. The SMILES string of the molecule is O=Cc1cccnc1S(=O)(=O)c1ccccc1F. The second-order valence-electron chi connectivity index (χ2n) is 3.45. The van der Waals surface area contributed by atoms with Gasteiger partial charge in [-0.2, -0.15) is 0 Å². The van der Waals surface area contributed by atoms with E-state index in [2.05, 4.69) is 4.98 Å². The van der Waals surface area contributed by atoms with Crippen LogP contribution >= 0.6 is 0 Å². The first kappa shape index (κ1) is 12.4. The van der Waals surface area contributed by atoms with E-state index in [4.69, 9.17) is 0 Å². The van der Waals surface area contributed by atoms with Crippen molar-refractivity contribution in [2.75, 3.05) is 0 Å². The lowest BCUT2D eigenvalue weighted by atomic mass is 10.3. The molecule has 0 aliphatic carbocycles. The molecule has 2 rings (SSSR count). The fourth-order valence-corrected chi connectivity index (χ4v) is 2.90. The standard InChI is InChI=1S/C12H8FNO3S/c13-10-5-1-2-6-11(10)18(16,17)12-9(8-15)4-3-7-14-12/h1-8H. The highest BCUT2D eigenvalue weighted by molar-refractivity contribution is 7.91. The number of carbonyl (C=O) groups is 1. The van der Waals surface area contributed by atoms with Crippen LogP contribution in [0.5, 0.6) is 0 Å². The summed E-state index contributed by atoms with van der Waals surface area (Å²) in [5.74, 6) is -0.875. The molecule has 1 aromatic heterocycles. The Morgan fingerprint density at radius 1 is 1.11 bits per heavy atom. The number of carbonyl (C=O) groups excluding carboxylic acids is 1. The summed E-state index contributed by atoms with van der Waals surface area (Å²) in [5, 5.41) is -0.440. The lowest BCUT2D eigenvalue weighted by molar-refractivity contribution is 0.112. The number of aromatic nitrogens is 1. The molecule has 92 valence electrons. The minimum Gasteiger partial charge on any atom is -0.298 e. The molecule has 4 nitrogen and oxygen atoms in total. The number of benzene rings is 1. The second kappa shape index (κ2) is 4.66. The average Bonchev–Trinajstić information content (AvgIpc) is 2.39. The van der Waals surface area contributed by atoms with E-state index in [-0.39, 0.29) is 5.56 Å². The number of nitrogens with zero attached hydrogens (tertiary/aromatic N) is 1. The highest BCUT2D eigenvalue weighted by atomic mass is 32.2. The van der Waals surface area contributed by atoms with Crippen molar-refractivity contribution in [3.05, 3.63) is 54.0 Å². The summed E-state index contributed by atoms with van der Waals surface area (Å²) < 4.78 is 37.9. The molecule has 18 heavy (non-hydrogen) atoms. The van der Waals surface area contributed by atoms with Crippen molar-refractivity contribution in [2.45, 2.75) is 9.92 Å². The molecular formula is C12H8FNO3S. The van der Waals surface area contributed by atoms with E-state index in [1.807, 2.05) is 0 Å². The maximum Gasteiger partial charge on any atom is 0.227 e. The van der Waals surface area contributed by atoms with Crippen LogP contribution in [0.15, 0.2) is 52.5 Å². The van der Waals surface area contributed by atoms with Gasteiger partial charge in [0.1, 0.15) is 10.7 Å². The molecular weight excluding hydrogens is 257 g/mol. The van der Waals surface area contributed by atoms with E-state index in [9.17, 15) is 17.6 Å². The molecule has 0 bridgehead atoms. The zero-order valence-corrected chi connectivity index (χ0v) is 9.89. The summed E-state index contributed by atoms with van der Waals surface area (Å²) in [6.45, 7) is 0. The summed E-state index contributed by atoms with van der Waals surface area (Å²) in [4.78, 5) is 14.0. The van der Waals surface area contributed by atoms with Crippen LogP contribution in [-0.2, 0) is 9.84 Å². The molecule has 0 atom stereocenters. The highest BCUT2D eigenvalue weighted by Crippen LogP contribution is 2.23. The normalized spacial score (nSPS) is 11.2. The number of pyridine rings is 1. The molecule has 0 N–H and O–H groups in total. The van der Waals surface area contributed by atoms with Crippen LogP contribution in [-0.4, -0.2) is 19.7 Å². The number of rotatable bonds is 3. The van der Waals surface area contributed by atoms with Gasteiger partial charge in [0.15, 0.2) is 11.3 Å². The Hall–Kier alpha value is -2.08. The van der Waals surface area contributed by atoms with E-state index in [0.717, 1.165) is 12.1 Å². The Kier molecular flexibility index (Phi) is 3.20. The molecule has 0 radical (unpaired) electrons. The lowest BCUT2D eigenvalue weighted by Crippen LogP contribution is -2.09. The first-order valence-corrected chi connectivity index (χ1v) is 6.45. The van der Waals surface area contributed by atoms with Gasteiger partial charge in [0.05, 0.1) is 5.56 Å². The van der Waals surface area contributed by atoms with Crippen molar-refractivity contribution < 1.29 is 17.6 Å². The molecule has 0 fully saturated rings. The third kappa shape index (κ3) is 2.02. The van der Waals surface area contributed by atoms with Gasteiger partial charge in [0.25, 0.3) is 0 Å². The molecule has 0 saturated carbocycles. The first-order valence-electron chi connectivity index (χ1n) is 4.97. The van der Waals surface area contributed by atoms with Crippen molar-refractivity contribution in [1.29, 1.82) is 0 Å². The van der Waals surface area contributed by atoms with Crippen LogP contribution in [0, 0.1) is 5.82 Å². The molecule has 0 aliphatic rings. The van der Waals surface area contributed by atoms with Gasteiger partial charge in [-0.3, -0.25) is 4.79 Å². The topological polar surface area (TPSA) is 64.1 Å². The van der Waals surface area contributed by atoms with Crippen LogP contribution in [0.1, 0.15) is 10.4 Å². The molecule has 0 unspecified atom stereocenters. The van der Waals surface area contributed by atoms with Crippen LogP contribution < -0.4 is 0 Å². The molecule has 0 saturated heterocycles. The number of hydrogen-bond acceptors (Lipinski definition) is 4. The monoisotopic (exact) mass is 265 g/mol. The van der Waals surface area contributed by atoms with Crippen molar-refractivity contribution >= 4 is 16.1 Å². The van der Waals surface area contributed by atoms with Crippen molar-refractivity contribution in [3.8, 4) is 0 Å². The summed E-state index contributed by atoms with van der Waals surface area (Å²) in [5.41, 5.74) is -0.0965. The van der Waals surface area contributed by atoms with Crippen LogP contribution in [0.3, 0.4) is 0 Å². The molecule has 1 heterocycles. The van der Waals surface area contributed by atoms with Crippen LogP contribution in [0.2, 0.25) is 0 Å². The summed E-state index contributed by atoms with van der Waals surface area (Å²) in [6, 6.07) is 7.70. The molecule has 0 aliphatic heterocycles. The number of sulfone groups is 1. The van der Waals surface area contributed by atoms with E-state index in [0.29, 0.717) is 6.29 Å². The Labute approximate surface area is 103 Å². The highest BCUT2D eigenvalue weighted by Gasteiger charge is 2.25. The van der Waals surface area contributed by atoms with Gasteiger partial charge in [-0.05, 0) is 24.3 Å². The zero-order chi connectivity index (χ0) is 13.2. The molecule has 6 heteroatoms. The Morgan fingerprint density at radius 3 is 2.50 bits per heavy atom. The van der Waals surface area contributed by atoms with E-state index >= 15 is 0 Å². The van der Waals surface area contributed by atoms with Gasteiger partial charge in [-0.1, -0.05) is 12.1 Å². The Balaban J connectivity index is 2.70. The fourth-order valence-electron chi connectivity index (χ4n) is 1.48. The van der Waals surface area contributed by atoms with Gasteiger partial charge in [0, 0.05) is 6.20 Å². The quantitative estimate of drug-likeness (QED) is 0.795. The van der Waals surface area contributed by atoms with Gasteiger partial charge in [-0.15, -0.1) is 0 Å². The van der Waals surface area contributed by atoms with E-state index < -0.39 is 25.6 Å². The molecule has 0 spiro atoms. The second-order valence-corrected chi connectivity index (χ2v) is 5.28. The third-order valence-corrected chi connectivity index (χ3v) is 4.07. The average molecular weight is 265 g/mol. The third-order valence-electron chi connectivity index (χ3n) is 2.31. The maximum atomic E-state index is 13.5. The van der Waals surface area contributed by atoms with Gasteiger partial charge in [0.2, 0.25) is 9.84 Å². The molecule has 2 aromatic rings. The predicted molar refractivity (Wildman–Crippen MR) is 61.5 cm³/mol. The summed E-state index contributed by atoms with van der Waals surface area (Å²) >= 11 is 0. The predicted octanol–water partition coefficient (Wildman–Crippen LogP) is 1.87. The number of aldehydes is 1. The summed E-state index contributed by atoms with van der Waals surface area (Å²) in [6.07, 6.45) is 1.61. The van der Waals surface area contributed by atoms with E-state index in [1.54, 1.807) is 0 Å². The first-order chi connectivity index (χ1) is 8.57. The molecule has 0 amide bonds. The van der Waals surface area contributed by atoms with Gasteiger partial charge >= 0.3 is 0 Å². The molecule has 1 aromatic carbocycles. The Bertz CT molecular complexity index is 698. The van der Waals surface area contributed by atoms with Crippen molar-refractivity contribution in [1.82, 2.24) is 4.98 Å². The smallest absolute Gasteiger partial charge is 0.227 e. The minimum absolute atomic E-state index is 0.0965. The maximum absolute atomic E-state index is 13.5. The van der Waals surface area contributed by atoms with Gasteiger partial charge < -0.3 is 0 Å². The zero-order valence-electron chi connectivity index (χ0n) is 9.08. The van der Waals surface area contributed by atoms with Crippen molar-refractivity contribution in [2.24, 2.45) is 0 Å². The largest absolute Gasteiger partial charge is 0.298 e. The number of hydrogen-bond donors (Lipinski definition) is 0. The van der Waals surface area contributed by atoms with Crippen LogP contribution in [0.25, 0.3) is 0 Å². The number of halogens is 1. The summed E-state index contributed by atoms with van der Waals surface area (Å²) in [7, 11) is -4.13. The lowest BCUT2D eigenvalue weighted by Gasteiger charge is -2.06. The van der Waals surface area contributed by atoms with Gasteiger partial charge in [-0.25, -0.2) is 17.8 Å². The minimum atomic E-state index is -4.13. The van der Waals surface area contributed by atoms with E-state index in [1.165, 1.54) is 30.5 Å². The fraction of sp³-hybridized carbons (Fsp3) is 0.